The molecule has 1 amide bonds. The van der Waals surface area contributed by atoms with E-state index in [1.54, 1.807) is 31.2 Å². The first-order chi connectivity index (χ1) is 14.7. The Labute approximate surface area is 180 Å². The monoisotopic (exact) mass is 439 g/mol. The van der Waals surface area contributed by atoms with Crippen LogP contribution in [0.25, 0.3) is 0 Å². The van der Waals surface area contributed by atoms with Gasteiger partial charge in [-0.2, -0.15) is 0 Å². The molecule has 0 aliphatic heterocycles. The van der Waals surface area contributed by atoms with Crippen molar-refractivity contribution >= 4 is 27.3 Å². The highest BCUT2D eigenvalue weighted by Crippen LogP contribution is 2.26. The minimum Gasteiger partial charge on any atom is -0.321 e. The summed E-state index contributed by atoms with van der Waals surface area (Å²) in [4.78, 5) is 23.3. The second kappa shape index (κ2) is 9.07. The molecule has 9 heteroatoms. The predicted molar refractivity (Wildman–Crippen MR) is 117 cm³/mol. The van der Waals surface area contributed by atoms with Crippen LogP contribution in [0.15, 0.2) is 71.6 Å². The van der Waals surface area contributed by atoms with Crippen molar-refractivity contribution in [3.05, 3.63) is 99.1 Å². The van der Waals surface area contributed by atoms with E-state index in [4.69, 9.17) is 0 Å². The Hall–Kier alpha value is -3.56. The molecule has 0 heterocycles. The van der Waals surface area contributed by atoms with Gasteiger partial charge in [0.25, 0.3) is 11.6 Å². The lowest BCUT2D eigenvalue weighted by atomic mass is 10.1. The summed E-state index contributed by atoms with van der Waals surface area (Å²) < 4.78 is 28.2. The Morgan fingerprint density at radius 3 is 2.39 bits per heavy atom. The number of anilines is 1. The normalized spacial score (nSPS) is 11.2. The van der Waals surface area contributed by atoms with Crippen molar-refractivity contribution in [3.63, 3.8) is 0 Å². The van der Waals surface area contributed by atoms with Gasteiger partial charge in [-0.15, -0.1) is 0 Å². The molecule has 8 nitrogen and oxygen atoms in total. The summed E-state index contributed by atoms with van der Waals surface area (Å²) in [7, 11) is -3.86. The van der Waals surface area contributed by atoms with Crippen LogP contribution in [0, 0.1) is 24.0 Å². The number of carbonyl (C=O) groups is 1. The van der Waals surface area contributed by atoms with Crippen LogP contribution in [0.3, 0.4) is 0 Å². The van der Waals surface area contributed by atoms with Gasteiger partial charge in [-0.25, -0.2) is 13.1 Å². The number of sulfonamides is 1. The highest BCUT2D eigenvalue weighted by molar-refractivity contribution is 7.89. The average molecular weight is 439 g/mol. The van der Waals surface area contributed by atoms with E-state index in [9.17, 15) is 23.3 Å². The van der Waals surface area contributed by atoms with Gasteiger partial charge in [0, 0.05) is 18.2 Å². The molecular formula is C22H21N3O5S. The molecule has 0 atom stereocenters. The molecule has 3 aromatic rings. The Morgan fingerprint density at radius 2 is 1.71 bits per heavy atom. The number of nitrogens with zero attached hydrogens (tertiary/aromatic N) is 1. The van der Waals surface area contributed by atoms with Crippen LogP contribution in [0.1, 0.15) is 27.0 Å². The summed E-state index contributed by atoms with van der Waals surface area (Å²) in [5.74, 6) is -0.567. The summed E-state index contributed by atoms with van der Waals surface area (Å²) in [5.41, 5.74) is 1.89. The Bertz CT molecular complexity index is 1240. The lowest BCUT2D eigenvalue weighted by Crippen LogP contribution is -2.24. The van der Waals surface area contributed by atoms with Crippen molar-refractivity contribution in [1.29, 1.82) is 0 Å². The molecule has 0 bridgehead atoms. The van der Waals surface area contributed by atoms with Crippen molar-refractivity contribution in [2.24, 2.45) is 0 Å². The van der Waals surface area contributed by atoms with E-state index in [1.165, 1.54) is 31.2 Å². The average Bonchev–Trinajstić information content (AvgIpc) is 2.74. The zero-order valence-electron chi connectivity index (χ0n) is 17.0. The quantitative estimate of drug-likeness (QED) is 0.427. The fourth-order valence-corrected chi connectivity index (χ4v) is 4.32. The topological polar surface area (TPSA) is 118 Å². The van der Waals surface area contributed by atoms with Crippen molar-refractivity contribution < 1.29 is 18.1 Å². The molecule has 0 unspecified atom stereocenters. The van der Waals surface area contributed by atoms with Gasteiger partial charge in [-0.05, 0) is 43.2 Å². The molecule has 31 heavy (non-hydrogen) atoms. The summed E-state index contributed by atoms with van der Waals surface area (Å²) in [6.07, 6.45) is 0. The minimum absolute atomic E-state index is 0.00755. The second-order valence-corrected chi connectivity index (χ2v) is 8.69. The van der Waals surface area contributed by atoms with Gasteiger partial charge in [0.2, 0.25) is 10.0 Å². The number of hydrogen-bond donors (Lipinski definition) is 2. The third-order valence-electron chi connectivity index (χ3n) is 4.80. The predicted octanol–water partition coefficient (Wildman–Crippen LogP) is 3.94. The molecule has 160 valence electrons. The van der Waals surface area contributed by atoms with Crippen LogP contribution in [-0.4, -0.2) is 19.2 Å². The van der Waals surface area contributed by atoms with E-state index >= 15 is 0 Å². The number of nitro groups is 1. The molecule has 0 radical (unpaired) electrons. The van der Waals surface area contributed by atoms with Crippen molar-refractivity contribution in [2.75, 3.05) is 5.32 Å². The molecule has 0 aliphatic rings. The van der Waals surface area contributed by atoms with Crippen molar-refractivity contribution in [3.8, 4) is 0 Å². The van der Waals surface area contributed by atoms with E-state index in [-0.39, 0.29) is 28.4 Å². The van der Waals surface area contributed by atoms with Gasteiger partial charge in [-0.3, -0.25) is 14.9 Å². The summed E-state index contributed by atoms with van der Waals surface area (Å²) in [6.45, 7) is 3.29. The highest BCUT2D eigenvalue weighted by Gasteiger charge is 2.20. The fraction of sp³-hybridized carbons (Fsp3) is 0.136. The smallest absolute Gasteiger partial charge is 0.274 e. The third-order valence-corrected chi connectivity index (χ3v) is 6.34. The van der Waals surface area contributed by atoms with Gasteiger partial charge in [0.15, 0.2) is 0 Å². The third kappa shape index (κ3) is 5.14. The van der Waals surface area contributed by atoms with Crippen molar-refractivity contribution in [1.82, 2.24) is 4.72 Å². The minimum atomic E-state index is -3.86. The van der Waals surface area contributed by atoms with Gasteiger partial charge in [0.05, 0.1) is 21.1 Å². The zero-order valence-corrected chi connectivity index (χ0v) is 17.8. The first-order valence-corrected chi connectivity index (χ1v) is 10.9. The van der Waals surface area contributed by atoms with Gasteiger partial charge < -0.3 is 5.32 Å². The second-order valence-electron chi connectivity index (χ2n) is 6.95. The summed E-state index contributed by atoms with van der Waals surface area (Å²) in [6, 6.07) is 17.8. The van der Waals surface area contributed by atoms with E-state index in [0.29, 0.717) is 11.1 Å². The zero-order chi connectivity index (χ0) is 22.6. The Balaban J connectivity index is 1.84. The summed E-state index contributed by atoms with van der Waals surface area (Å²) >= 11 is 0. The van der Waals surface area contributed by atoms with Crippen LogP contribution in [0.2, 0.25) is 0 Å². The Morgan fingerprint density at radius 1 is 1.00 bits per heavy atom. The summed E-state index contributed by atoms with van der Waals surface area (Å²) in [5, 5.41) is 13.7. The largest absolute Gasteiger partial charge is 0.321 e. The standard InChI is InChI=1S/C22H21N3O5S/c1-15-11-12-18(22(26)24-19-9-6-10-20(16(19)2)25(27)28)13-21(15)31(29,30)23-14-17-7-4-3-5-8-17/h3-13,23H,14H2,1-2H3,(H,24,26). The number of aryl methyl sites for hydroxylation is 1. The van der Waals surface area contributed by atoms with Gasteiger partial charge in [-0.1, -0.05) is 42.5 Å². The number of nitro benzene ring substituents is 1. The maximum absolute atomic E-state index is 12.8. The highest BCUT2D eigenvalue weighted by atomic mass is 32.2. The molecule has 3 aromatic carbocycles. The van der Waals surface area contributed by atoms with E-state index in [2.05, 4.69) is 10.0 Å². The Kier molecular flexibility index (Phi) is 6.47. The SMILES string of the molecule is Cc1ccc(C(=O)Nc2cccc([N+](=O)[O-])c2C)cc1S(=O)(=O)NCc1ccccc1. The maximum atomic E-state index is 12.8. The van der Waals surface area contributed by atoms with Crippen LogP contribution in [0.4, 0.5) is 11.4 Å². The molecule has 0 spiro atoms. The lowest BCUT2D eigenvalue weighted by molar-refractivity contribution is -0.385. The molecule has 0 fully saturated rings. The van der Waals surface area contributed by atoms with Crippen LogP contribution in [-0.2, 0) is 16.6 Å². The molecule has 0 saturated carbocycles. The number of benzene rings is 3. The number of rotatable bonds is 7. The van der Waals surface area contributed by atoms with Crippen LogP contribution >= 0.6 is 0 Å². The first kappa shape index (κ1) is 22.1. The molecular weight excluding hydrogens is 418 g/mol. The van der Waals surface area contributed by atoms with Gasteiger partial charge >= 0.3 is 0 Å². The molecule has 0 aromatic heterocycles. The van der Waals surface area contributed by atoms with Crippen LogP contribution in [0.5, 0.6) is 0 Å². The number of amides is 1. The lowest BCUT2D eigenvalue weighted by Gasteiger charge is -2.12. The first-order valence-electron chi connectivity index (χ1n) is 9.38. The van der Waals surface area contributed by atoms with Crippen LogP contribution < -0.4 is 10.0 Å². The molecule has 2 N–H and O–H groups in total. The van der Waals surface area contributed by atoms with E-state index in [0.717, 1.165) is 5.56 Å². The fourth-order valence-electron chi connectivity index (χ4n) is 3.03. The number of carbonyl (C=O) groups excluding carboxylic acids is 1. The molecule has 0 aliphatic carbocycles. The maximum Gasteiger partial charge on any atom is 0.274 e. The molecule has 0 saturated heterocycles. The number of hydrogen-bond acceptors (Lipinski definition) is 5. The van der Waals surface area contributed by atoms with E-state index < -0.39 is 20.9 Å². The van der Waals surface area contributed by atoms with Crippen molar-refractivity contribution in [2.45, 2.75) is 25.3 Å². The molecule has 3 rings (SSSR count). The van der Waals surface area contributed by atoms with E-state index in [1.807, 2.05) is 18.2 Å². The number of nitrogens with one attached hydrogen (secondary N) is 2. The van der Waals surface area contributed by atoms with Gasteiger partial charge in [0.1, 0.15) is 0 Å².